The molecule has 1 heterocycles. The molecule has 1 amide bonds. The first-order valence-electron chi connectivity index (χ1n) is 9.97. The molecule has 1 aliphatic carbocycles. The highest BCUT2D eigenvalue weighted by molar-refractivity contribution is 5.88. The van der Waals surface area contributed by atoms with E-state index in [0.29, 0.717) is 13.0 Å². The molecule has 30 heavy (non-hydrogen) atoms. The number of para-hydroxylation sites is 1. The summed E-state index contributed by atoms with van der Waals surface area (Å²) in [5, 5.41) is 14.6. The first-order chi connectivity index (χ1) is 14.3. The Hall–Kier alpha value is -3.23. The third-order valence-electron chi connectivity index (χ3n) is 5.69. The second kappa shape index (κ2) is 9.51. The average Bonchev–Trinajstić information content (AvgIpc) is 3.22. The van der Waals surface area contributed by atoms with E-state index in [4.69, 9.17) is 4.74 Å². The Bertz CT molecular complexity index is 953. The van der Waals surface area contributed by atoms with Crippen LogP contribution in [0, 0.1) is 27.9 Å². The maximum atomic E-state index is 12.1. The highest BCUT2D eigenvalue weighted by atomic mass is 16.6. The van der Waals surface area contributed by atoms with Crippen LogP contribution >= 0.6 is 0 Å². The fourth-order valence-electron chi connectivity index (χ4n) is 4.11. The number of esters is 1. The van der Waals surface area contributed by atoms with E-state index in [1.807, 2.05) is 30.5 Å². The third kappa shape index (κ3) is 5.22. The number of ether oxygens (including phenoxy) is 1. The number of amides is 1. The highest BCUT2D eigenvalue weighted by Gasteiger charge is 2.44. The van der Waals surface area contributed by atoms with E-state index in [1.54, 1.807) is 6.92 Å². The van der Waals surface area contributed by atoms with Crippen LogP contribution in [0.25, 0.3) is 10.9 Å². The molecular weight excluding hydrogens is 390 g/mol. The van der Waals surface area contributed by atoms with Crippen LogP contribution in [0.15, 0.2) is 30.5 Å². The molecule has 1 fully saturated rings. The molecule has 1 saturated carbocycles. The predicted octanol–water partition coefficient (Wildman–Crippen LogP) is 1.88. The molecule has 9 heteroatoms. The molecule has 0 spiro atoms. The SMILES string of the molecule is C[C@@H]1CC(=O)[C@H](CC(=O)OCC(=O)NCCc2c[nH]c3ccccc23)[C@@H]1C[N+](=O)[O-]. The van der Waals surface area contributed by atoms with Gasteiger partial charge in [-0.25, -0.2) is 0 Å². The Morgan fingerprint density at radius 1 is 1.33 bits per heavy atom. The van der Waals surface area contributed by atoms with Gasteiger partial charge < -0.3 is 15.0 Å². The molecule has 3 atom stereocenters. The molecule has 1 aromatic heterocycles. The van der Waals surface area contributed by atoms with Crippen molar-refractivity contribution in [2.45, 2.75) is 26.2 Å². The normalized spacial score (nSPS) is 21.0. The Morgan fingerprint density at radius 2 is 2.10 bits per heavy atom. The van der Waals surface area contributed by atoms with E-state index in [-0.39, 0.29) is 31.1 Å². The van der Waals surface area contributed by atoms with Gasteiger partial charge in [-0.05, 0) is 24.0 Å². The smallest absolute Gasteiger partial charge is 0.307 e. The van der Waals surface area contributed by atoms with Gasteiger partial charge in [0.05, 0.1) is 6.42 Å². The summed E-state index contributed by atoms with van der Waals surface area (Å²) >= 11 is 0. The minimum atomic E-state index is -0.720. The lowest BCUT2D eigenvalue weighted by Crippen LogP contribution is -2.32. The monoisotopic (exact) mass is 415 g/mol. The van der Waals surface area contributed by atoms with E-state index in [9.17, 15) is 24.5 Å². The summed E-state index contributed by atoms with van der Waals surface area (Å²) in [6, 6.07) is 7.87. The van der Waals surface area contributed by atoms with Crippen molar-refractivity contribution in [1.82, 2.24) is 10.3 Å². The summed E-state index contributed by atoms with van der Waals surface area (Å²) in [6.07, 6.45) is 2.52. The Labute approximate surface area is 173 Å². The number of fused-ring (bicyclic) bond motifs is 1. The molecular formula is C21H25N3O6. The number of ketones is 1. The van der Waals surface area contributed by atoms with Gasteiger partial charge in [0.25, 0.3) is 5.91 Å². The zero-order valence-electron chi connectivity index (χ0n) is 16.8. The van der Waals surface area contributed by atoms with E-state index in [2.05, 4.69) is 10.3 Å². The molecule has 0 bridgehead atoms. The van der Waals surface area contributed by atoms with Gasteiger partial charge in [0.1, 0.15) is 5.78 Å². The Morgan fingerprint density at radius 3 is 2.87 bits per heavy atom. The predicted molar refractivity (Wildman–Crippen MR) is 108 cm³/mol. The molecule has 0 radical (unpaired) electrons. The number of benzene rings is 1. The Kier molecular flexibility index (Phi) is 6.81. The number of Topliss-reactive ketones (excluding diaryl/α,β-unsaturated/α-hetero) is 1. The lowest BCUT2D eigenvalue weighted by atomic mass is 9.88. The molecule has 0 aliphatic heterocycles. The van der Waals surface area contributed by atoms with Crippen LogP contribution in [-0.2, 0) is 25.5 Å². The number of nitro groups is 1. The lowest BCUT2D eigenvalue weighted by Gasteiger charge is -2.17. The standard InChI is InChI=1S/C21H25N3O6/c1-13-8-19(25)16(17(13)11-24(28)29)9-21(27)30-12-20(26)22-7-6-14-10-23-18-5-3-2-4-15(14)18/h2-5,10,13,16-17,23H,6-9,11-12H2,1H3,(H,22,26)/t13-,16-,17-/m1/s1. The number of rotatable bonds is 9. The average molecular weight is 415 g/mol. The van der Waals surface area contributed by atoms with Crippen molar-refractivity contribution in [3.05, 3.63) is 46.1 Å². The van der Waals surface area contributed by atoms with Gasteiger partial charge in [-0.1, -0.05) is 25.1 Å². The highest BCUT2D eigenvalue weighted by Crippen LogP contribution is 2.36. The molecule has 0 saturated heterocycles. The Balaban J connectivity index is 1.41. The largest absolute Gasteiger partial charge is 0.456 e. The van der Waals surface area contributed by atoms with Gasteiger partial charge in [0.2, 0.25) is 6.54 Å². The quantitative estimate of drug-likeness (QED) is 0.365. The number of nitrogens with zero attached hydrogens (tertiary/aromatic N) is 1. The minimum Gasteiger partial charge on any atom is -0.456 e. The van der Waals surface area contributed by atoms with Gasteiger partial charge in [-0.15, -0.1) is 0 Å². The van der Waals surface area contributed by atoms with E-state index in [0.717, 1.165) is 16.5 Å². The maximum absolute atomic E-state index is 12.1. The molecule has 1 aromatic carbocycles. The number of aromatic amines is 1. The zero-order chi connectivity index (χ0) is 21.7. The number of nitrogens with one attached hydrogen (secondary N) is 2. The van der Waals surface area contributed by atoms with Crippen molar-refractivity contribution in [2.24, 2.45) is 17.8 Å². The molecule has 1 aliphatic rings. The number of hydrogen-bond acceptors (Lipinski definition) is 6. The molecule has 3 rings (SSSR count). The van der Waals surface area contributed by atoms with Crippen LogP contribution < -0.4 is 5.32 Å². The van der Waals surface area contributed by atoms with Crippen molar-refractivity contribution in [3.8, 4) is 0 Å². The first kappa shape index (κ1) is 21.5. The van der Waals surface area contributed by atoms with Gasteiger partial charge in [0.15, 0.2) is 6.61 Å². The first-order valence-corrected chi connectivity index (χ1v) is 9.97. The second-order valence-corrected chi connectivity index (χ2v) is 7.76. The van der Waals surface area contributed by atoms with Crippen LogP contribution in [0.4, 0.5) is 0 Å². The van der Waals surface area contributed by atoms with Gasteiger partial charge in [-0.2, -0.15) is 0 Å². The summed E-state index contributed by atoms with van der Waals surface area (Å²) in [5.74, 6) is -2.63. The number of hydrogen-bond donors (Lipinski definition) is 2. The third-order valence-corrected chi connectivity index (χ3v) is 5.69. The van der Waals surface area contributed by atoms with Gasteiger partial charge in [-0.3, -0.25) is 24.5 Å². The van der Waals surface area contributed by atoms with Crippen molar-refractivity contribution >= 4 is 28.6 Å². The maximum Gasteiger partial charge on any atom is 0.307 e. The summed E-state index contributed by atoms with van der Waals surface area (Å²) in [5.41, 5.74) is 2.10. The topological polar surface area (TPSA) is 131 Å². The number of H-pyrrole nitrogens is 1. The van der Waals surface area contributed by atoms with Crippen LogP contribution in [0.3, 0.4) is 0 Å². The van der Waals surface area contributed by atoms with Gasteiger partial charge >= 0.3 is 5.97 Å². The molecule has 2 N–H and O–H groups in total. The number of aromatic nitrogens is 1. The van der Waals surface area contributed by atoms with Crippen LogP contribution in [0.5, 0.6) is 0 Å². The van der Waals surface area contributed by atoms with Crippen LogP contribution in [0.1, 0.15) is 25.3 Å². The van der Waals surface area contributed by atoms with E-state index >= 15 is 0 Å². The lowest BCUT2D eigenvalue weighted by molar-refractivity contribution is -0.490. The number of carbonyl (C=O) groups excluding carboxylic acids is 3. The van der Waals surface area contributed by atoms with Crippen molar-refractivity contribution in [1.29, 1.82) is 0 Å². The molecule has 0 unspecified atom stereocenters. The summed E-state index contributed by atoms with van der Waals surface area (Å²) in [6.45, 7) is 1.38. The number of carbonyl (C=O) groups is 3. The van der Waals surface area contributed by atoms with Gasteiger partial charge in [0, 0.05) is 46.8 Å². The fraction of sp³-hybridized carbons (Fsp3) is 0.476. The second-order valence-electron chi connectivity index (χ2n) is 7.76. The summed E-state index contributed by atoms with van der Waals surface area (Å²) in [4.78, 5) is 49.6. The fourth-order valence-corrected chi connectivity index (χ4v) is 4.11. The van der Waals surface area contributed by atoms with E-state index in [1.165, 1.54) is 0 Å². The van der Waals surface area contributed by atoms with Crippen molar-refractivity contribution in [2.75, 3.05) is 19.7 Å². The summed E-state index contributed by atoms with van der Waals surface area (Å²) in [7, 11) is 0. The minimum absolute atomic E-state index is 0.145. The molecule has 2 aromatic rings. The summed E-state index contributed by atoms with van der Waals surface area (Å²) < 4.78 is 4.98. The van der Waals surface area contributed by atoms with Crippen LogP contribution in [0.2, 0.25) is 0 Å². The zero-order valence-corrected chi connectivity index (χ0v) is 16.8. The van der Waals surface area contributed by atoms with E-state index < -0.39 is 35.2 Å². The molecule has 9 nitrogen and oxygen atoms in total. The van der Waals surface area contributed by atoms with Crippen molar-refractivity contribution in [3.63, 3.8) is 0 Å². The van der Waals surface area contributed by atoms with Crippen molar-refractivity contribution < 1.29 is 24.0 Å². The molecule has 160 valence electrons. The van der Waals surface area contributed by atoms with Crippen LogP contribution in [-0.4, -0.2) is 47.3 Å².